The number of nitrogens with zero attached hydrogens (tertiary/aromatic N) is 1. The van der Waals surface area contributed by atoms with Crippen molar-refractivity contribution in [2.45, 2.75) is 58.7 Å². The molecule has 1 aromatic carbocycles. The quantitative estimate of drug-likeness (QED) is 0.826. The highest BCUT2D eigenvalue weighted by Crippen LogP contribution is 2.31. The van der Waals surface area contributed by atoms with Crippen molar-refractivity contribution in [3.63, 3.8) is 0 Å². The summed E-state index contributed by atoms with van der Waals surface area (Å²) in [6.07, 6.45) is 3.82. The Morgan fingerprint density at radius 2 is 2.11 bits per heavy atom. The highest BCUT2D eigenvalue weighted by Gasteiger charge is 2.29. The van der Waals surface area contributed by atoms with Crippen molar-refractivity contribution < 1.29 is 4.74 Å². The Balaban J connectivity index is 2.19. The van der Waals surface area contributed by atoms with E-state index in [1.54, 1.807) is 0 Å². The number of rotatable bonds is 5. The molecule has 0 aliphatic carbocycles. The fourth-order valence-electron chi connectivity index (χ4n) is 3.06. The standard InChI is InChI=1S/C16H26N2O/c1-4-15-8-6-12(3)18(15)11-13-10-14(17)7-9-16(13)19-5-2/h7,9-10,12,15H,4-6,8,11,17H2,1-3H3. The second-order valence-electron chi connectivity index (χ2n) is 5.46. The van der Waals surface area contributed by atoms with Gasteiger partial charge in [-0.05, 0) is 51.3 Å². The fraction of sp³-hybridized carbons (Fsp3) is 0.625. The predicted octanol–water partition coefficient (Wildman–Crippen LogP) is 3.43. The number of nitrogen functional groups attached to an aromatic ring is 1. The summed E-state index contributed by atoms with van der Waals surface area (Å²) in [5, 5.41) is 0. The van der Waals surface area contributed by atoms with Crippen LogP contribution < -0.4 is 10.5 Å². The van der Waals surface area contributed by atoms with Gasteiger partial charge in [0.2, 0.25) is 0 Å². The number of hydrogen-bond donors (Lipinski definition) is 1. The molecule has 2 unspecified atom stereocenters. The number of likely N-dealkylation sites (tertiary alicyclic amines) is 1. The molecule has 0 spiro atoms. The molecule has 0 aromatic heterocycles. The molecule has 1 heterocycles. The first-order valence-electron chi connectivity index (χ1n) is 7.42. The van der Waals surface area contributed by atoms with Crippen LogP contribution in [0.5, 0.6) is 5.75 Å². The summed E-state index contributed by atoms with van der Waals surface area (Å²) in [6.45, 7) is 8.26. The van der Waals surface area contributed by atoms with Crippen LogP contribution in [0.1, 0.15) is 45.6 Å². The van der Waals surface area contributed by atoms with E-state index >= 15 is 0 Å². The van der Waals surface area contributed by atoms with E-state index in [1.165, 1.54) is 24.8 Å². The van der Waals surface area contributed by atoms with Crippen LogP contribution in [0.2, 0.25) is 0 Å². The summed E-state index contributed by atoms with van der Waals surface area (Å²) in [6, 6.07) is 7.32. The molecule has 2 atom stereocenters. The van der Waals surface area contributed by atoms with Crippen LogP contribution in [0, 0.1) is 0 Å². The monoisotopic (exact) mass is 262 g/mol. The van der Waals surface area contributed by atoms with E-state index in [0.717, 1.165) is 18.0 Å². The molecule has 1 aliphatic rings. The lowest BCUT2D eigenvalue weighted by Crippen LogP contribution is -2.33. The number of hydrogen-bond acceptors (Lipinski definition) is 3. The van der Waals surface area contributed by atoms with Crippen molar-refractivity contribution in [3.05, 3.63) is 23.8 Å². The molecule has 19 heavy (non-hydrogen) atoms. The summed E-state index contributed by atoms with van der Waals surface area (Å²) >= 11 is 0. The minimum absolute atomic E-state index is 0.654. The average Bonchev–Trinajstić information content (AvgIpc) is 2.74. The van der Waals surface area contributed by atoms with Crippen molar-refractivity contribution in [2.24, 2.45) is 0 Å². The van der Waals surface area contributed by atoms with Gasteiger partial charge < -0.3 is 10.5 Å². The van der Waals surface area contributed by atoms with Gasteiger partial charge in [0.25, 0.3) is 0 Å². The van der Waals surface area contributed by atoms with Crippen molar-refractivity contribution in [1.29, 1.82) is 0 Å². The van der Waals surface area contributed by atoms with Crippen molar-refractivity contribution in [3.8, 4) is 5.75 Å². The van der Waals surface area contributed by atoms with Gasteiger partial charge >= 0.3 is 0 Å². The maximum Gasteiger partial charge on any atom is 0.123 e. The first kappa shape index (κ1) is 14.2. The molecule has 0 radical (unpaired) electrons. The molecule has 3 heteroatoms. The molecule has 1 fully saturated rings. The third kappa shape index (κ3) is 3.21. The Bertz CT molecular complexity index is 419. The maximum absolute atomic E-state index is 5.93. The normalized spacial score (nSPS) is 23.7. The first-order chi connectivity index (χ1) is 9.15. The van der Waals surface area contributed by atoms with Crippen molar-refractivity contribution >= 4 is 5.69 Å². The van der Waals surface area contributed by atoms with Gasteiger partial charge in [-0.1, -0.05) is 6.92 Å². The molecule has 106 valence electrons. The number of anilines is 1. The van der Waals surface area contributed by atoms with Crippen LogP contribution in [0.25, 0.3) is 0 Å². The molecule has 3 nitrogen and oxygen atoms in total. The molecule has 2 N–H and O–H groups in total. The molecule has 1 saturated heterocycles. The topological polar surface area (TPSA) is 38.5 Å². The van der Waals surface area contributed by atoms with Crippen molar-refractivity contribution in [2.75, 3.05) is 12.3 Å². The number of ether oxygens (including phenoxy) is 1. The van der Waals surface area contributed by atoms with Gasteiger partial charge in [0.1, 0.15) is 5.75 Å². The average molecular weight is 262 g/mol. The van der Waals surface area contributed by atoms with Crippen LogP contribution >= 0.6 is 0 Å². The van der Waals surface area contributed by atoms with Gasteiger partial charge in [0.05, 0.1) is 6.61 Å². The Kier molecular flexibility index (Phi) is 4.70. The zero-order valence-electron chi connectivity index (χ0n) is 12.4. The molecular weight excluding hydrogens is 236 g/mol. The van der Waals surface area contributed by atoms with E-state index in [2.05, 4.69) is 24.8 Å². The zero-order valence-corrected chi connectivity index (χ0v) is 12.4. The number of benzene rings is 1. The minimum Gasteiger partial charge on any atom is -0.494 e. The van der Waals surface area contributed by atoms with E-state index in [1.807, 2.05) is 19.1 Å². The van der Waals surface area contributed by atoms with E-state index < -0.39 is 0 Å². The Morgan fingerprint density at radius 3 is 2.79 bits per heavy atom. The molecule has 0 amide bonds. The molecule has 0 bridgehead atoms. The van der Waals surface area contributed by atoms with E-state index in [9.17, 15) is 0 Å². The predicted molar refractivity (Wildman–Crippen MR) is 80.3 cm³/mol. The smallest absolute Gasteiger partial charge is 0.123 e. The van der Waals surface area contributed by atoms with E-state index in [-0.39, 0.29) is 0 Å². The zero-order chi connectivity index (χ0) is 13.8. The summed E-state index contributed by atoms with van der Waals surface area (Å²) in [5.74, 6) is 0.977. The van der Waals surface area contributed by atoms with Gasteiger partial charge in [0, 0.05) is 29.9 Å². The van der Waals surface area contributed by atoms with Crippen LogP contribution in [0.15, 0.2) is 18.2 Å². The highest BCUT2D eigenvalue weighted by molar-refractivity contribution is 5.48. The minimum atomic E-state index is 0.654. The van der Waals surface area contributed by atoms with E-state index in [0.29, 0.717) is 18.7 Å². The van der Waals surface area contributed by atoms with Crippen LogP contribution in [-0.2, 0) is 6.54 Å². The Labute approximate surface area is 116 Å². The lowest BCUT2D eigenvalue weighted by atomic mass is 10.1. The van der Waals surface area contributed by atoms with Gasteiger partial charge in [-0.15, -0.1) is 0 Å². The van der Waals surface area contributed by atoms with Gasteiger partial charge in [-0.2, -0.15) is 0 Å². The molecule has 0 saturated carbocycles. The van der Waals surface area contributed by atoms with Gasteiger partial charge in [-0.25, -0.2) is 0 Å². The number of nitrogens with two attached hydrogens (primary N) is 1. The largest absolute Gasteiger partial charge is 0.494 e. The van der Waals surface area contributed by atoms with Crippen molar-refractivity contribution in [1.82, 2.24) is 4.90 Å². The van der Waals surface area contributed by atoms with Gasteiger partial charge in [-0.3, -0.25) is 4.90 Å². The summed E-state index contributed by atoms with van der Waals surface area (Å²) in [5.41, 5.74) is 7.96. The second kappa shape index (κ2) is 6.29. The SMILES string of the molecule is CCOc1ccc(N)cc1CN1C(C)CCC1CC. The summed E-state index contributed by atoms with van der Waals surface area (Å²) in [7, 11) is 0. The lowest BCUT2D eigenvalue weighted by Gasteiger charge is -2.28. The third-order valence-electron chi connectivity index (χ3n) is 4.16. The summed E-state index contributed by atoms with van der Waals surface area (Å²) < 4.78 is 5.72. The Hall–Kier alpha value is -1.22. The maximum atomic E-state index is 5.93. The van der Waals surface area contributed by atoms with E-state index in [4.69, 9.17) is 10.5 Å². The summed E-state index contributed by atoms with van der Waals surface area (Å²) in [4.78, 5) is 2.59. The first-order valence-corrected chi connectivity index (χ1v) is 7.42. The van der Waals surface area contributed by atoms with Crippen LogP contribution in [0.3, 0.4) is 0 Å². The highest BCUT2D eigenvalue weighted by atomic mass is 16.5. The second-order valence-corrected chi connectivity index (χ2v) is 5.46. The van der Waals surface area contributed by atoms with Gasteiger partial charge in [0.15, 0.2) is 0 Å². The molecule has 1 aliphatic heterocycles. The molecule has 2 rings (SSSR count). The molecule has 1 aromatic rings. The third-order valence-corrected chi connectivity index (χ3v) is 4.16. The fourth-order valence-corrected chi connectivity index (χ4v) is 3.06. The van der Waals surface area contributed by atoms with Crippen LogP contribution in [0.4, 0.5) is 5.69 Å². The van der Waals surface area contributed by atoms with Crippen LogP contribution in [-0.4, -0.2) is 23.6 Å². The molecular formula is C16H26N2O. The lowest BCUT2D eigenvalue weighted by molar-refractivity contribution is 0.186. The Morgan fingerprint density at radius 1 is 1.32 bits per heavy atom.